The number of likely N-dealkylation sites (tertiary alicyclic amines) is 1. The Hall–Kier alpha value is -0.780. The first-order valence-corrected chi connectivity index (χ1v) is 5.54. The van der Waals surface area contributed by atoms with Crippen molar-refractivity contribution in [2.24, 2.45) is 0 Å². The van der Waals surface area contributed by atoms with Gasteiger partial charge in [0, 0.05) is 19.5 Å². The van der Waals surface area contributed by atoms with Crippen LogP contribution < -0.4 is 5.32 Å². The number of nitrogens with zero attached hydrogens (tertiary/aromatic N) is 1. The summed E-state index contributed by atoms with van der Waals surface area (Å²) in [5.41, 5.74) is 0. The predicted octanol–water partition coefficient (Wildman–Crippen LogP) is 1.54. The second-order valence-electron chi connectivity index (χ2n) is 3.98. The molecule has 0 bridgehead atoms. The van der Waals surface area contributed by atoms with E-state index in [1.54, 1.807) is 4.90 Å². The fourth-order valence-electron chi connectivity index (χ4n) is 1.69. The van der Waals surface area contributed by atoms with Crippen LogP contribution in [-0.4, -0.2) is 43.2 Å². The van der Waals surface area contributed by atoms with E-state index in [1.807, 2.05) is 0 Å². The second kappa shape index (κ2) is 6.08. The summed E-state index contributed by atoms with van der Waals surface area (Å²) in [6, 6.07) is 0. The van der Waals surface area contributed by atoms with Gasteiger partial charge in [0.15, 0.2) is 0 Å². The first-order chi connectivity index (χ1) is 7.49. The van der Waals surface area contributed by atoms with E-state index in [0.29, 0.717) is 0 Å². The van der Waals surface area contributed by atoms with E-state index in [2.05, 4.69) is 5.32 Å². The monoisotopic (exact) mass is 238 g/mol. The lowest BCUT2D eigenvalue weighted by Crippen LogP contribution is -2.36. The summed E-state index contributed by atoms with van der Waals surface area (Å²) in [5.74, 6) is -0.00971. The summed E-state index contributed by atoms with van der Waals surface area (Å²) >= 11 is 0. The average molecular weight is 238 g/mol. The largest absolute Gasteiger partial charge is 0.389 e. The Kier molecular flexibility index (Phi) is 5.05. The molecule has 0 aliphatic carbocycles. The van der Waals surface area contributed by atoms with Crippen molar-refractivity contribution in [1.82, 2.24) is 10.2 Å². The van der Waals surface area contributed by atoms with Crippen LogP contribution in [0.2, 0.25) is 0 Å². The standard InChI is InChI=1S/C10H17F3N2O/c11-10(12,13)4-3-5-14-8-9(16)15-6-1-2-7-15/h14H,1-8H2. The Bertz CT molecular complexity index is 225. The van der Waals surface area contributed by atoms with E-state index in [1.165, 1.54) is 0 Å². The minimum Gasteiger partial charge on any atom is -0.342 e. The normalized spacial score (nSPS) is 16.8. The zero-order chi connectivity index (χ0) is 12.0. The highest BCUT2D eigenvalue weighted by atomic mass is 19.4. The lowest BCUT2D eigenvalue weighted by atomic mass is 10.3. The minimum atomic E-state index is -4.10. The maximum atomic E-state index is 11.8. The average Bonchev–Trinajstić information content (AvgIpc) is 2.67. The lowest BCUT2D eigenvalue weighted by Gasteiger charge is -2.15. The van der Waals surface area contributed by atoms with Gasteiger partial charge in [0.1, 0.15) is 0 Å². The topological polar surface area (TPSA) is 32.3 Å². The number of amides is 1. The first kappa shape index (κ1) is 13.3. The third-order valence-corrected chi connectivity index (χ3v) is 2.55. The van der Waals surface area contributed by atoms with Gasteiger partial charge in [-0.25, -0.2) is 0 Å². The van der Waals surface area contributed by atoms with Gasteiger partial charge in [-0.15, -0.1) is 0 Å². The molecule has 1 rings (SSSR count). The molecule has 1 aliphatic rings. The molecule has 1 amide bonds. The molecule has 0 aromatic rings. The van der Waals surface area contributed by atoms with E-state index < -0.39 is 12.6 Å². The summed E-state index contributed by atoms with van der Waals surface area (Å²) in [4.78, 5) is 13.2. The molecule has 0 spiro atoms. The SMILES string of the molecule is O=C(CNCCCC(F)(F)F)N1CCCC1. The second-order valence-corrected chi connectivity index (χ2v) is 3.98. The van der Waals surface area contributed by atoms with Crippen LogP contribution in [-0.2, 0) is 4.79 Å². The number of carbonyl (C=O) groups is 1. The zero-order valence-corrected chi connectivity index (χ0v) is 9.15. The Morgan fingerprint density at radius 2 is 1.88 bits per heavy atom. The Labute approximate surface area is 93.0 Å². The van der Waals surface area contributed by atoms with Crippen molar-refractivity contribution in [3.8, 4) is 0 Å². The summed E-state index contributed by atoms with van der Waals surface area (Å²) in [6.45, 7) is 1.95. The number of hydrogen-bond donors (Lipinski definition) is 1. The Morgan fingerprint density at radius 1 is 1.25 bits per heavy atom. The van der Waals surface area contributed by atoms with E-state index in [0.717, 1.165) is 25.9 Å². The van der Waals surface area contributed by atoms with Crippen LogP contribution in [0.15, 0.2) is 0 Å². The van der Waals surface area contributed by atoms with Gasteiger partial charge in [-0.2, -0.15) is 13.2 Å². The molecule has 6 heteroatoms. The van der Waals surface area contributed by atoms with Crippen molar-refractivity contribution in [3.05, 3.63) is 0 Å². The molecular weight excluding hydrogens is 221 g/mol. The quantitative estimate of drug-likeness (QED) is 0.737. The number of carbonyl (C=O) groups excluding carboxylic acids is 1. The molecule has 0 aromatic heterocycles. The van der Waals surface area contributed by atoms with E-state index in [4.69, 9.17) is 0 Å². The minimum absolute atomic E-state index is 0.00971. The van der Waals surface area contributed by atoms with Gasteiger partial charge in [0.05, 0.1) is 6.54 Å². The number of alkyl halides is 3. The van der Waals surface area contributed by atoms with Crippen molar-refractivity contribution in [1.29, 1.82) is 0 Å². The van der Waals surface area contributed by atoms with Crippen LogP contribution in [0.5, 0.6) is 0 Å². The van der Waals surface area contributed by atoms with Crippen LogP contribution in [0.4, 0.5) is 13.2 Å². The third kappa shape index (κ3) is 5.34. The molecular formula is C10H17F3N2O. The van der Waals surface area contributed by atoms with Gasteiger partial charge < -0.3 is 10.2 Å². The summed E-state index contributed by atoms with van der Waals surface area (Å²) in [6.07, 6.45) is -2.81. The maximum Gasteiger partial charge on any atom is 0.389 e. The number of rotatable bonds is 5. The third-order valence-electron chi connectivity index (χ3n) is 2.55. The molecule has 1 N–H and O–H groups in total. The molecule has 0 unspecified atom stereocenters. The van der Waals surface area contributed by atoms with Gasteiger partial charge in [-0.3, -0.25) is 4.79 Å². The smallest absolute Gasteiger partial charge is 0.342 e. The van der Waals surface area contributed by atoms with Crippen molar-refractivity contribution >= 4 is 5.91 Å². The van der Waals surface area contributed by atoms with E-state index in [-0.39, 0.29) is 25.4 Å². The predicted molar refractivity (Wildman–Crippen MR) is 54.0 cm³/mol. The number of halogens is 3. The lowest BCUT2D eigenvalue weighted by molar-refractivity contribution is -0.135. The molecule has 1 heterocycles. The summed E-state index contributed by atoms with van der Waals surface area (Å²) in [5, 5.41) is 2.74. The Balaban J connectivity index is 2.00. The van der Waals surface area contributed by atoms with Crippen LogP contribution in [0.25, 0.3) is 0 Å². The van der Waals surface area contributed by atoms with Crippen LogP contribution >= 0.6 is 0 Å². The summed E-state index contributed by atoms with van der Waals surface area (Å²) in [7, 11) is 0. The van der Waals surface area contributed by atoms with E-state index >= 15 is 0 Å². The van der Waals surface area contributed by atoms with Crippen molar-refractivity contribution in [3.63, 3.8) is 0 Å². The maximum absolute atomic E-state index is 11.8. The van der Waals surface area contributed by atoms with Crippen molar-refractivity contribution < 1.29 is 18.0 Å². The van der Waals surface area contributed by atoms with Gasteiger partial charge >= 0.3 is 6.18 Å². The highest BCUT2D eigenvalue weighted by molar-refractivity contribution is 5.78. The number of nitrogens with one attached hydrogen (secondary N) is 1. The van der Waals surface area contributed by atoms with Crippen LogP contribution in [0.1, 0.15) is 25.7 Å². The van der Waals surface area contributed by atoms with Gasteiger partial charge in [0.25, 0.3) is 0 Å². The van der Waals surface area contributed by atoms with E-state index in [9.17, 15) is 18.0 Å². The van der Waals surface area contributed by atoms with Gasteiger partial charge in [-0.1, -0.05) is 0 Å². The van der Waals surface area contributed by atoms with Crippen molar-refractivity contribution in [2.75, 3.05) is 26.2 Å². The summed E-state index contributed by atoms with van der Waals surface area (Å²) < 4.78 is 35.4. The molecule has 0 atom stereocenters. The Morgan fingerprint density at radius 3 is 2.44 bits per heavy atom. The molecule has 1 saturated heterocycles. The number of hydrogen-bond acceptors (Lipinski definition) is 2. The zero-order valence-electron chi connectivity index (χ0n) is 9.15. The van der Waals surface area contributed by atoms with Crippen molar-refractivity contribution in [2.45, 2.75) is 31.9 Å². The van der Waals surface area contributed by atoms with Crippen LogP contribution in [0.3, 0.4) is 0 Å². The fraction of sp³-hybridized carbons (Fsp3) is 0.900. The highest BCUT2D eigenvalue weighted by Gasteiger charge is 2.25. The fourth-order valence-corrected chi connectivity index (χ4v) is 1.69. The molecule has 0 aromatic carbocycles. The van der Waals surface area contributed by atoms with Crippen LogP contribution in [0, 0.1) is 0 Å². The first-order valence-electron chi connectivity index (χ1n) is 5.54. The molecule has 0 saturated carbocycles. The molecule has 0 radical (unpaired) electrons. The molecule has 16 heavy (non-hydrogen) atoms. The van der Waals surface area contributed by atoms with Gasteiger partial charge in [-0.05, 0) is 25.8 Å². The molecule has 1 aliphatic heterocycles. The molecule has 94 valence electrons. The molecule has 3 nitrogen and oxygen atoms in total. The van der Waals surface area contributed by atoms with Gasteiger partial charge in [0.2, 0.25) is 5.91 Å². The molecule has 1 fully saturated rings. The highest BCUT2D eigenvalue weighted by Crippen LogP contribution is 2.20.